The molecule has 1 aromatic carbocycles. The highest BCUT2D eigenvalue weighted by molar-refractivity contribution is 5.43. The molecule has 1 heterocycles. The summed E-state index contributed by atoms with van der Waals surface area (Å²) in [6.45, 7) is 4.19. The number of hydrogen-bond donors (Lipinski definition) is 1. The Labute approximate surface area is 102 Å². The quantitative estimate of drug-likeness (QED) is 0.876. The van der Waals surface area contributed by atoms with Gasteiger partial charge in [-0.25, -0.2) is 0 Å². The number of ether oxygens (including phenoxy) is 2. The molecule has 0 amide bonds. The SMILES string of the molecule is CCCC1(C)C[C@H](O)c2cc(OC)ccc2O1. The fraction of sp³-hybridized carbons (Fsp3) is 0.571. The monoisotopic (exact) mass is 236 g/mol. The average Bonchev–Trinajstić information content (AvgIpc) is 2.28. The third-order valence-corrected chi connectivity index (χ3v) is 3.34. The lowest BCUT2D eigenvalue weighted by atomic mass is 9.87. The topological polar surface area (TPSA) is 38.7 Å². The van der Waals surface area contributed by atoms with Crippen LogP contribution in [-0.4, -0.2) is 17.8 Å². The van der Waals surface area contributed by atoms with Crippen LogP contribution in [0.5, 0.6) is 11.5 Å². The molecule has 0 saturated heterocycles. The summed E-state index contributed by atoms with van der Waals surface area (Å²) in [5, 5.41) is 10.2. The summed E-state index contributed by atoms with van der Waals surface area (Å²) in [7, 11) is 1.62. The van der Waals surface area contributed by atoms with E-state index in [4.69, 9.17) is 9.47 Å². The van der Waals surface area contributed by atoms with E-state index >= 15 is 0 Å². The number of hydrogen-bond acceptors (Lipinski definition) is 3. The zero-order valence-corrected chi connectivity index (χ0v) is 10.7. The van der Waals surface area contributed by atoms with Crippen LogP contribution in [0.15, 0.2) is 18.2 Å². The minimum atomic E-state index is -0.467. The molecule has 1 aliphatic rings. The van der Waals surface area contributed by atoms with Gasteiger partial charge in [0, 0.05) is 12.0 Å². The van der Waals surface area contributed by atoms with Crippen LogP contribution in [0.3, 0.4) is 0 Å². The maximum atomic E-state index is 10.2. The van der Waals surface area contributed by atoms with Gasteiger partial charge in [-0.15, -0.1) is 0 Å². The van der Waals surface area contributed by atoms with Crippen LogP contribution in [0.4, 0.5) is 0 Å². The summed E-state index contributed by atoms with van der Waals surface area (Å²) in [4.78, 5) is 0. The van der Waals surface area contributed by atoms with E-state index in [9.17, 15) is 5.11 Å². The van der Waals surface area contributed by atoms with E-state index in [0.717, 1.165) is 29.9 Å². The number of fused-ring (bicyclic) bond motifs is 1. The fourth-order valence-electron chi connectivity index (χ4n) is 2.51. The van der Waals surface area contributed by atoms with Gasteiger partial charge in [0.05, 0.1) is 13.2 Å². The van der Waals surface area contributed by atoms with Gasteiger partial charge in [0.15, 0.2) is 0 Å². The number of aliphatic hydroxyl groups is 1. The second kappa shape index (κ2) is 4.57. The van der Waals surface area contributed by atoms with Crippen LogP contribution < -0.4 is 9.47 Å². The molecular formula is C14H20O3. The Hall–Kier alpha value is -1.22. The molecular weight excluding hydrogens is 216 g/mol. The van der Waals surface area contributed by atoms with Gasteiger partial charge < -0.3 is 14.6 Å². The van der Waals surface area contributed by atoms with Crippen molar-refractivity contribution < 1.29 is 14.6 Å². The Morgan fingerprint density at radius 2 is 2.29 bits per heavy atom. The third kappa shape index (κ3) is 2.39. The molecule has 0 saturated carbocycles. The summed E-state index contributed by atoms with van der Waals surface area (Å²) in [6.07, 6.45) is 2.18. The Morgan fingerprint density at radius 1 is 1.53 bits per heavy atom. The van der Waals surface area contributed by atoms with Gasteiger partial charge in [0.25, 0.3) is 0 Å². The molecule has 2 atom stereocenters. The van der Waals surface area contributed by atoms with Crippen molar-refractivity contribution in [1.82, 2.24) is 0 Å². The van der Waals surface area contributed by atoms with E-state index in [1.54, 1.807) is 7.11 Å². The van der Waals surface area contributed by atoms with Crippen molar-refractivity contribution in [2.75, 3.05) is 7.11 Å². The van der Waals surface area contributed by atoms with E-state index in [0.29, 0.717) is 6.42 Å². The largest absolute Gasteiger partial charge is 0.497 e. The highest BCUT2D eigenvalue weighted by Crippen LogP contribution is 2.42. The van der Waals surface area contributed by atoms with Crippen molar-refractivity contribution in [3.05, 3.63) is 23.8 Å². The maximum absolute atomic E-state index is 10.2. The average molecular weight is 236 g/mol. The third-order valence-electron chi connectivity index (χ3n) is 3.34. The molecule has 2 rings (SSSR count). The normalized spacial score (nSPS) is 27.2. The first-order valence-corrected chi connectivity index (χ1v) is 6.13. The van der Waals surface area contributed by atoms with Gasteiger partial charge in [0.1, 0.15) is 17.1 Å². The summed E-state index contributed by atoms with van der Waals surface area (Å²) in [5.74, 6) is 1.53. The van der Waals surface area contributed by atoms with E-state index in [1.165, 1.54) is 0 Å². The van der Waals surface area contributed by atoms with Gasteiger partial charge in [-0.2, -0.15) is 0 Å². The van der Waals surface area contributed by atoms with Gasteiger partial charge >= 0.3 is 0 Å². The van der Waals surface area contributed by atoms with Gasteiger partial charge in [0.2, 0.25) is 0 Å². The Morgan fingerprint density at radius 3 is 2.94 bits per heavy atom. The molecule has 0 spiro atoms. The van der Waals surface area contributed by atoms with E-state index in [1.807, 2.05) is 18.2 Å². The first-order valence-electron chi connectivity index (χ1n) is 6.13. The molecule has 0 radical (unpaired) electrons. The Bertz CT molecular complexity index is 402. The first-order chi connectivity index (χ1) is 8.08. The molecule has 1 N–H and O–H groups in total. The van der Waals surface area contributed by atoms with Crippen LogP contribution in [0.1, 0.15) is 44.8 Å². The first kappa shape index (κ1) is 12.2. The minimum absolute atomic E-state index is 0.254. The van der Waals surface area contributed by atoms with E-state index < -0.39 is 6.10 Å². The highest BCUT2D eigenvalue weighted by atomic mass is 16.5. The molecule has 94 valence electrons. The number of aliphatic hydroxyl groups excluding tert-OH is 1. The lowest BCUT2D eigenvalue weighted by molar-refractivity contribution is -0.00748. The van der Waals surface area contributed by atoms with Crippen LogP contribution in [0.25, 0.3) is 0 Å². The number of methoxy groups -OCH3 is 1. The molecule has 1 unspecified atom stereocenters. The number of benzene rings is 1. The van der Waals surface area contributed by atoms with Crippen molar-refractivity contribution >= 4 is 0 Å². The second-order valence-electron chi connectivity index (χ2n) is 4.93. The molecule has 3 heteroatoms. The fourth-order valence-corrected chi connectivity index (χ4v) is 2.51. The van der Waals surface area contributed by atoms with Gasteiger partial charge in [-0.3, -0.25) is 0 Å². The predicted octanol–water partition coefficient (Wildman–Crippen LogP) is 3.07. The van der Waals surface area contributed by atoms with Gasteiger partial charge in [-0.1, -0.05) is 13.3 Å². The molecule has 0 aliphatic carbocycles. The standard InChI is InChI=1S/C14H20O3/c1-4-7-14(2)9-12(15)11-8-10(16-3)5-6-13(11)17-14/h5-6,8,12,15H,4,7,9H2,1-3H3/t12-,14?/m0/s1. The van der Waals surface area contributed by atoms with Gasteiger partial charge in [-0.05, 0) is 31.5 Å². The van der Waals surface area contributed by atoms with Crippen LogP contribution >= 0.6 is 0 Å². The molecule has 0 aromatic heterocycles. The van der Waals surface area contributed by atoms with E-state index in [-0.39, 0.29) is 5.60 Å². The van der Waals surface area contributed by atoms with Crippen molar-refractivity contribution in [1.29, 1.82) is 0 Å². The molecule has 1 aliphatic heterocycles. The van der Waals surface area contributed by atoms with E-state index in [2.05, 4.69) is 13.8 Å². The molecule has 1 aromatic rings. The summed E-state index contributed by atoms with van der Waals surface area (Å²) >= 11 is 0. The predicted molar refractivity (Wildman–Crippen MR) is 66.5 cm³/mol. The molecule has 17 heavy (non-hydrogen) atoms. The lowest BCUT2D eigenvalue weighted by Gasteiger charge is -2.38. The van der Waals surface area contributed by atoms with Crippen molar-refractivity contribution in [2.24, 2.45) is 0 Å². The Kier molecular flexibility index (Phi) is 3.29. The molecule has 0 fully saturated rings. The lowest BCUT2D eigenvalue weighted by Crippen LogP contribution is -2.37. The molecule has 3 nitrogen and oxygen atoms in total. The van der Waals surface area contributed by atoms with Crippen LogP contribution in [-0.2, 0) is 0 Å². The number of rotatable bonds is 3. The summed E-state index contributed by atoms with van der Waals surface area (Å²) < 4.78 is 11.2. The molecule has 0 bridgehead atoms. The van der Waals surface area contributed by atoms with Crippen LogP contribution in [0, 0.1) is 0 Å². The van der Waals surface area contributed by atoms with Crippen molar-refractivity contribution in [3.63, 3.8) is 0 Å². The zero-order valence-electron chi connectivity index (χ0n) is 10.7. The minimum Gasteiger partial charge on any atom is -0.497 e. The summed E-state index contributed by atoms with van der Waals surface area (Å²) in [6, 6.07) is 5.60. The maximum Gasteiger partial charge on any atom is 0.126 e. The highest BCUT2D eigenvalue weighted by Gasteiger charge is 2.35. The zero-order chi connectivity index (χ0) is 12.5. The smallest absolute Gasteiger partial charge is 0.126 e. The second-order valence-corrected chi connectivity index (χ2v) is 4.93. The Balaban J connectivity index is 2.31. The van der Waals surface area contributed by atoms with Crippen LogP contribution in [0.2, 0.25) is 0 Å². The van der Waals surface area contributed by atoms with Crippen molar-refractivity contribution in [2.45, 2.75) is 44.8 Å². The van der Waals surface area contributed by atoms with Crippen molar-refractivity contribution in [3.8, 4) is 11.5 Å². The summed E-state index contributed by atoms with van der Waals surface area (Å²) in [5.41, 5.74) is 0.577.